The highest BCUT2D eigenvalue weighted by atomic mass is 35.5. The summed E-state index contributed by atoms with van der Waals surface area (Å²) in [6, 6.07) is 10.4. The fraction of sp³-hybridized carbons (Fsp3) is 0.533. The molecule has 0 atom stereocenters. The molecule has 2 aliphatic rings. The molecule has 3 heteroatoms. The molecule has 2 saturated carbocycles. The van der Waals surface area contributed by atoms with Crippen LogP contribution in [0.25, 0.3) is 0 Å². The zero-order valence-corrected chi connectivity index (χ0v) is 11.9. The quantitative estimate of drug-likeness (QED) is 0.755. The summed E-state index contributed by atoms with van der Waals surface area (Å²) in [5, 5.41) is 10.3. The third-order valence-corrected chi connectivity index (χ3v) is 5.79. The predicted molar refractivity (Wildman–Crippen MR) is 75.8 cm³/mol. The van der Waals surface area contributed by atoms with E-state index >= 15 is 0 Å². The van der Waals surface area contributed by atoms with Gasteiger partial charge in [-0.05, 0) is 49.3 Å². The van der Waals surface area contributed by atoms with E-state index in [1.54, 1.807) is 11.8 Å². The van der Waals surface area contributed by atoms with E-state index < -0.39 is 0 Å². The van der Waals surface area contributed by atoms with Crippen LogP contribution < -0.4 is 0 Å². The molecule has 0 bridgehead atoms. The van der Waals surface area contributed by atoms with E-state index in [9.17, 15) is 5.26 Å². The first-order chi connectivity index (χ1) is 8.65. The van der Waals surface area contributed by atoms with Crippen molar-refractivity contribution in [3.8, 4) is 6.07 Å². The van der Waals surface area contributed by atoms with Gasteiger partial charge in [-0.25, -0.2) is 0 Å². The maximum atomic E-state index is 9.51. The van der Waals surface area contributed by atoms with Crippen LogP contribution in [0.5, 0.6) is 0 Å². The minimum atomic E-state index is -0.199. The van der Waals surface area contributed by atoms with Gasteiger partial charge in [0.1, 0.15) is 4.75 Å². The summed E-state index contributed by atoms with van der Waals surface area (Å²) in [6.45, 7) is 0. The van der Waals surface area contributed by atoms with Crippen molar-refractivity contribution in [3.63, 3.8) is 0 Å². The average Bonchev–Trinajstić information content (AvgIpc) is 2.77. The van der Waals surface area contributed by atoms with Crippen molar-refractivity contribution < 1.29 is 0 Å². The molecule has 0 unspecified atom stereocenters. The van der Waals surface area contributed by atoms with Crippen molar-refractivity contribution in [3.05, 3.63) is 29.3 Å². The first-order valence-electron chi connectivity index (χ1n) is 6.51. The molecule has 0 saturated heterocycles. The van der Waals surface area contributed by atoms with Gasteiger partial charge in [0.25, 0.3) is 0 Å². The van der Waals surface area contributed by atoms with Gasteiger partial charge in [0, 0.05) is 9.92 Å². The molecular weight excluding hydrogens is 262 g/mol. The summed E-state index contributed by atoms with van der Waals surface area (Å²) < 4.78 is -0.199. The van der Waals surface area contributed by atoms with Crippen molar-refractivity contribution in [2.75, 3.05) is 0 Å². The van der Waals surface area contributed by atoms with Crippen LogP contribution >= 0.6 is 23.4 Å². The van der Waals surface area contributed by atoms with Crippen LogP contribution in [0, 0.1) is 16.7 Å². The van der Waals surface area contributed by atoms with E-state index in [-0.39, 0.29) is 4.75 Å². The summed E-state index contributed by atoms with van der Waals surface area (Å²) >= 11 is 7.71. The highest BCUT2D eigenvalue weighted by Gasteiger charge is 2.56. The summed E-state index contributed by atoms with van der Waals surface area (Å²) in [6.07, 6.45) is 7.48. The van der Waals surface area contributed by atoms with E-state index in [0.717, 1.165) is 22.8 Å². The molecule has 0 amide bonds. The van der Waals surface area contributed by atoms with Crippen molar-refractivity contribution in [2.24, 2.45) is 5.41 Å². The van der Waals surface area contributed by atoms with Crippen LogP contribution in [0.15, 0.2) is 29.2 Å². The standard InChI is InChI=1S/C15H16ClNS/c16-12-4-3-5-13(8-12)18-15(11-17)9-14(10-15)6-1-2-7-14/h3-5,8H,1-2,6-7,9-10H2. The minimum absolute atomic E-state index is 0.199. The van der Waals surface area contributed by atoms with Crippen LogP contribution in [-0.2, 0) is 0 Å². The van der Waals surface area contributed by atoms with Gasteiger partial charge in [-0.2, -0.15) is 5.26 Å². The van der Waals surface area contributed by atoms with Gasteiger partial charge in [-0.15, -0.1) is 11.8 Å². The average molecular weight is 278 g/mol. The lowest BCUT2D eigenvalue weighted by atomic mass is 9.61. The molecule has 2 aliphatic carbocycles. The molecule has 1 aromatic rings. The molecule has 0 aliphatic heterocycles. The van der Waals surface area contributed by atoms with Crippen molar-refractivity contribution >= 4 is 23.4 Å². The number of rotatable bonds is 2. The number of thioether (sulfide) groups is 1. The molecule has 94 valence electrons. The van der Waals surface area contributed by atoms with E-state index in [1.165, 1.54) is 25.7 Å². The molecule has 1 spiro atoms. The Labute approximate surface area is 118 Å². The Bertz CT molecular complexity index is 491. The molecule has 1 nitrogen and oxygen atoms in total. The summed E-state index contributed by atoms with van der Waals surface area (Å²) in [4.78, 5) is 1.12. The van der Waals surface area contributed by atoms with E-state index in [4.69, 9.17) is 11.6 Å². The summed E-state index contributed by atoms with van der Waals surface area (Å²) in [7, 11) is 0. The highest BCUT2D eigenvalue weighted by Crippen LogP contribution is 2.63. The van der Waals surface area contributed by atoms with Gasteiger partial charge in [-0.3, -0.25) is 0 Å². The predicted octanol–water partition coefficient (Wildman–Crippen LogP) is 5.05. The lowest BCUT2D eigenvalue weighted by Crippen LogP contribution is -2.47. The van der Waals surface area contributed by atoms with Crippen LogP contribution in [0.3, 0.4) is 0 Å². The number of halogens is 1. The number of nitrogens with zero attached hydrogens (tertiary/aromatic N) is 1. The maximum absolute atomic E-state index is 9.51. The van der Waals surface area contributed by atoms with Crippen LogP contribution in [0.1, 0.15) is 38.5 Å². The number of nitriles is 1. The Morgan fingerprint density at radius 3 is 2.56 bits per heavy atom. The smallest absolute Gasteiger partial charge is 0.108 e. The molecule has 18 heavy (non-hydrogen) atoms. The van der Waals surface area contributed by atoms with E-state index in [1.807, 2.05) is 18.2 Å². The largest absolute Gasteiger partial charge is 0.197 e. The van der Waals surface area contributed by atoms with Crippen LogP contribution in [0.2, 0.25) is 5.02 Å². The maximum Gasteiger partial charge on any atom is 0.108 e. The van der Waals surface area contributed by atoms with Crippen molar-refractivity contribution in [1.82, 2.24) is 0 Å². The van der Waals surface area contributed by atoms with E-state index in [0.29, 0.717) is 5.41 Å². The normalized spacial score (nSPS) is 23.6. The molecular formula is C15H16ClNS. The first kappa shape index (κ1) is 12.4. The highest BCUT2D eigenvalue weighted by molar-refractivity contribution is 8.01. The molecule has 1 aromatic carbocycles. The lowest BCUT2D eigenvalue weighted by molar-refractivity contribution is 0.119. The Morgan fingerprint density at radius 2 is 1.94 bits per heavy atom. The molecule has 0 radical (unpaired) electrons. The Morgan fingerprint density at radius 1 is 1.22 bits per heavy atom. The second-order valence-electron chi connectivity index (χ2n) is 5.73. The van der Waals surface area contributed by atoms with Gasteiger partial charge >= 0.3 is 0 Å². The summed E-state index contributed by atoms with van der Waals surface area (Å²) in [5.41, 5.74) is 0.501. The third kappa shape index (κ3) is 2.15. The topological polar surface area (TPSA) is 23.8 Å². The Hall–Kier alpha value is -0.650. The zero-order chi connectivity index (χ0) is 12.6. The second kappa shape index (κ2) is 4.47. The number of benzene rings is 1. The summed E-state index contributed by atoms with van der Waals surface area (Å²) in [5.74, 6) is 0. The van der Waals surface area contributed by atoms with Crippen molar-refractivity contribution in [1.29, 1.82) is 5.26 Å². The monoisotopic (exact) mass is 277 g/mol. The van der Waals surface area contributed by atoms with Crippen LogP contribution in [0.4, 0.5) is 0 Å². The Balaban J connectivity index is 1.73. The fourth-order valence-electron chi connectivity index (χ4n) is 3.57. The van der Waals surface area contributed by atoms with Crippen molar-refractivity contribution in [2.45, 2.75) is 48.2 Å². The molecule has 0 aromatic heterocycles. The molecule has 2 fully saturated rings. The van der Waals surface area contributed by atoms with Gasteiger partial charge < -0.3 is 0 Å². The molecule has 0 N–H and O–H groups in total. The second-order valence-corrected chi connectivity index (χ2v) is 7.62. The number of hydrogen-bond donors (Lipinski definition) is 0. The number of hydrogen-bond acceptors (Lipinski definition) is 2. The Kier molecular flexibility index (Phi) is 3.08. The van der Waals surface area contributed by atoms with Crippen LogP contribution in [-0.4, -0.2) is 4.75 Å². The molecule has 0 heterocycles. The SMILES string of the molecule is N#CC1(Sc2cccc(Cl)c2)CC2(CCCC2)C1. The zero-order valence-electron chi connectivity index (χ0n) is 10.3. The van der Waals surface area contributed by atoms with Gasteiger partial charge in [0.05, 0.1) is 6.07 Å². The minimum Gasteiger partial charge on any atom is -0.197 e. The molecule has 3 rings (SSSR count). The van der Waals surface area contributed by atoms with E-state index in [2.05, 4.69) is 12.1 Å². The lowest BCUT2D eigenvalue weighted by Gasteiger charge is -2.50. The van der Waals surface area contributed by atoms with Gasteiger partial charge in [-0.1, -0.05) is 30.5 Å². The fourth-order valence-corrected chi connectivity index (χ4v) is 5.41. The third-order valence-electron chi connectivity index (χ3n) is 4.30. The van der Waals surface area contributed by atoms with Gasteiger partial charge in [0.2, 0.25) is 0 Å². The first-order valence-corrected chi connectivity index (χ1v) is 7.71. The van der Waals surface area contributed by atoms with Gasteiger partial charge in [0.15, 0.2) is 0 Å².